The number of thioether (sulfide) groups is 1. The van der Waals surface area contributed by atoms with Crippen molar-refractivity contribution in [2.24, 2.45) is 0 Å². The van der Waals surface area contributed by atoms with Crippen molar-refractivity contribution in [1.29, 1.82) is 0 Å². The van der Waals surface area contributed by atoms with E-state index in [-0.39, 0.29) is 48.0 Å². The van der Waals surface area contributed by atoms with Gasteiger partial charge in [0.1, 0.15) is 24.2 Å². The lowest BCUT2D eigenvalue weighted by Crippen LogP contribution is -2.58. The van der Waals surface area contributed by atoms with Gasteiger partial charge in [-0.2, -0.15) is 4.98 Å². The number of aryl methyl sites for hydroxylation is 1. The smallest absolute Gasteiger partial charge is 0.350 e. The van der Waals surface area contributed by atoms with E-state index in [1.165, 1.54) is 31.0 Å². The summed E-state index contributed by atoms with van der Waals surface area (Å²) in [7, 11) is 1.52. The summed E-state index contributed by atoms with van der Waals surface area (Å²) >= 11 is 7.53. The molecule has 41 heavy (non-hydrogen) atoms. The lowest BCUT2D eigenvalue weighted by atomic mass is 9.97. The fourth-order valence-electron chi connectivity index (χ4n) is 5.86. The van der Waals surface area contributed by atoms with Crippen molar-refractivity contribution < 1.29 is 23.0 Å². The van der Waals surface area contributed by atoms with Gasteiger partial charge in [-0.25, -0.2) is 13.6 Å². The maximum Gasteiger partial charge on any atom is 0.350 e. The zero-order valence-electron chi connectivity index (χ0n) is 23.2. The third kappa shape index (κ3) is 5.36. The van der Waals surface area contributed by atoms with Gasteiger partial charge in [-0.1, -0.05) is 18.2 Å². The molecule has 2 aliphatic rings. The van der Waals surface area contributed by atoms with Gasteiger partial charge in [0.25, 0.3) is 0 Å². The normalized spacial score (nSPS) is 20.8. The molecule has 0 radical (unpaired) electrons. The van der Waals surface area contributed by atoms with E-state index in [4.69, 9.17) is 21.1 Å². The lowest BCUT2D eigenvalue weighted by Gasteiger charge is -2.44. The number of aromatic nitrogens is 2. The van der Waals surface area contributed by atoms with Gasteiger partial charge in [0.15, 0.2) is 0 Å². The zero-order valence-corrected chi connectivity index (χ0v) is 24.8. The highest BCUT2D eigenvalue weighted by molar-refractivity contribution is 7.99. The summed E-state index contributed by atoms with van der Waals surface area (Å²) in [5.74, 6) is -0.797. The highest BCUT2D eigenvalue weighted by Crippen LogP contribution is 2.45. The number of ether oxygens (including phenoxy) is 2. The van der Waals surface area contributed by atoms with Crippen LogP contribution in [0.15, 0.2) is 40.5 Å². The Morgan fingerprint density at radius 2 is 1.90 bits per heavy atom. The van der Waals surface area contributed by atoms with Gasteiger partial charge in [-0.15, -0.1) is 11.8 Å². The Balaban J connectivity index is 1.74. The summed E-state index contributed by atoms with van der Waals surface area (Å²) < 4.78 is 41.9. The molecular formula is C29H31ClF2N4O4S. The van der Waals surface area contributed by atoms with Gasteiger partial charge in [0.2, 0.25) is 5.91 Å². The van der Waals surface area contributed by atoms with Gasteiger partial charge in [0.05, 0.1) is 23.2 Å². The third-order valence-electron chi connectivity index (χ3n) is 7.54. The summed E-state index contributed by atoms with van der Waals surface area (Å²) in [5.41, 5.74) is 1.51. The van der Waals surface area contributed by atoms with Crippen molar-refractivity contribution in [2.75, 3.05) is 37.6 Å². The number of carbonyl (C=O) groups excluding carboxylic acids is 1. The van der Waals surface area contributed by atoms with Crippen LogP contribution in [0.5, 0.6) is 0 Å². The first-order valence-electron chi connectivity index (χ1n) is 13.2. The topological polar surface area (TPSA) is 76.9 Å². The molecule has 1 aromatic heterocycles. The molecule has 218 valence electrons. The number of carbonyl (C=O) groups is 1. The van der Waals surface area contributed by atoms with E-state index in [1.54, 1.807) is 9.47 Å². The molecule has 1 saturated heterocycles. The maximum atomic E-state index is 15.3. The molecule has 1 amide bonds. The van der Waals surface area contributed by atoms with Crippen LogP contribution >= 0.6 is 23.4 Å². The average Bonchev–Trinajstić information content (AvgIpc) is 3.12. The molecule has 8 nitrogen and oxygen atoms in total. The lowest BCUT2D eigenvalue weighted by molar-refractivity contribution is -0.130. The average molecular weight is 605 g/mol. The number of hydrogen-bond donors (Lipinski definition) is 0. The SMILES string of the molecule is C=CC(=O)N1[C@H](C)CN(c2nc(=O)n3c4c(c(-c5cc(Cl)c(F)cc5F)c(C)cc24)SCC(OCOC)C3)C[C@@H]1C. The van der Waals surface area contributed by atoms with Crippen molar-refractivity contribution in [3.05, 3.63) is 63.6 Å². The monoisotopic (exact) mass is 604 g/mol. The number of nitrogens with zero attached hydrogens (tertiary/aromatic N) is 4. The molecule has 0 bridgehead atoms. The van der Waals surface area contributed by atoms with Crippen LogP contribution < -0.4 is 10.6 Å². The first-order chi connectivity index (χ1) is 19.5. The fourth-order valence-corrected chi connectivity index (χ4v) is 7.35. The van der Waals surface area contributed by atoms with Crippen molar-refractivity contribution in [1.82, 2.24) is 14.5 Å². The van der Waals surface area contributed by atoms with E-state index in [9.17, 15) is 14.0 Å². The number of rotatable bonds is 6. The van der Waals surface area contributed by atoms with Gasteiger partial charge in [-0.3, -0.25) is 9.36 Å². The molecule has 12 heteroatoms. The predicted molar refractivity (Wildman–Crippen MR) is 157 cm³/mol. The van der Waals surface area contributed by atoms with E-state index in [1.807, 2.05) is 31.7 Å². The van der Waals surface area contributed by atoms with Crippen molar-refractivity contribution in [3.63, 3.8) is 0 Å². The van der Waals surface area contributed by atoms with E-state index < -0.39 is 17.3 Å². The predicted octanol–water partition coefficient (Wildman–Crippen LogP) is 5.01. The van der Waals surface area contributed by atoms with Crippen LogP contribution in [0.1, 0.15) is 19.4 Å². The van der Waals surface area contributed by atoms with E-state index in [0.29, 0.717) is 46.2 Å². The Bertz CT molecular complexity index is 1590. The van der Waals surface area contributed by atoms with Gasteiger partial charge in [0, 0.05) is 65.5 Å². The zero-order chi connectivity index (χ0) is 29.6. The highest BCUT2D eigenvalue weighted by Gasteiger charge is 2.35. The molecule has 0 aliphatic carbocycles. The molecule has 2 aliphatic heterocycles. The van der Waals surface area contributed by atoms with Crippen LogP contribution in [-0.2, 0) is 20.8 Å². The van der Waals surface area contributed by atoms with Crippen LogP contribution in [0.4, 0.5) is 14.6 Å². The van der Waals surface area contributed by atoms with E-state index in [0.717, 1.165) is 11.5 Å². The number of amides is 1. The summed E-state index contributed by atoms with van der Waals surface area (Å²) in [6, 6.07) is 3.63. The van der Waals surface area contributed by atoms with Crippen LogP contribution in [0.2, 0.25) is 5.02 Å². The van der Waals surface area contributed by atoms with Crippen LogP contribution in [-0.4, -0.2) is 71.3 Å². The Kier molecular flexibility index (Phi) is 8.43. The Hall–Kier alpha value is -2.99. The van der Waals surface area contributed by atoms with Crippen molar-refractivity contribution in [2.45, 2.75) is 50.4 Å². The quantitative estimate of drug-likeness (QED) is 0.222. The molecule has 0 spiro atoms. The molecule has 2 aromatic carbocycles. The van der Waals surface area contributed by atoms with Crippen LogP contribution in [0.3, 0.4) is 0 Å². The molecule has 0 saturated carbocycles. The largest absolute Gasteiger partial charge is 0.359 e. The number of benzene rings is 2. The number of anilines is 1. The van der Waals surface area contributed by atoms with Gasteiger partial charge < -0.3 is 19.3 Å². The summed E-state index contributed by atoms with van der Waals surface area (Å²) in [6.45, 7) is 10.5. The number of piperazine rings is 1. The number of hydrogen-bond acceptors (Lipinski definition) is 7. The molecule has 3 heterocycles. The maximum absolute atomic E-state index is 15.3. The minimum Gasteiger partial charge on any atom is -0.359 e. The third-order valence-corrected chi connectivity index (χ3v) is 9.06. The fraction of sp³-hybridized carbons (Fsp3) is 0.414. The van der Waals surface area contributed by atoms with Gasteiger partial charge >= 0.3 is 5.69 Å². The first kappa shape index (κ1) is 29.5. The number of halogens is 3. The second kappa shape index (κ2) is 11.7. The molecule has 5 rings (SSSR count). The first-order valence-corrected chi connectivity index (χ1v) is 14.6. The minimum absolute atomic E-state index is 0.0442. The molecule has 1 unspecified atom stereocenters. The Morgan fingerprint density at radius 3 is 2.56 bits per heavy atom. The standard InChI is InChI=1S/C29H31ClF2N4O4S/c1-6-24(37)36-16(3)10-34(11-17(36)4)28-20-7-15(2)25(19-8-21(30)23(32)9-22(19)31)27-26(20)35(29(38)33-28)12-18(13-41-27)40-14-39-5/h6-9,16-18H,1,10-14H2,2-5H3/t16-,17+,18?. The molecule has 1 fully saturated rings. The molecule has 3 atom stereocenters. The second-order valence-corrected chi connectivity index (χ2v) is 11.9. The number of methoxy groups -OCH3 is 1. The van der Waals surface area contributed by atoms with Crippen molar-refractivity contribution >= 4 is 46.0 Å². The summed E-state index contributed by atoms with van der Waals surface area (Å²) in [5, 5.41) is 0.521. The summed E-state index contributed by atoms with van der Waals surface area (Å²) in [6.07, 6.45) is 0.925. The molecule has 3 aromatic rings. The molecular weight excluding hydrogens is 574 g/mol. The van der Waals surface area contributed by atoms with Crippen LogP contribution in [0.25, 0.3) is 22.0 Å². The van der Waals surface area contributed by atoms with E-state index in [2.05, 4.69) is 11.6 Å². The minimum atomic E-state index is -0.848. The summed E-state index contributed by atoms with van der Waals surface area (Å²) in [4.78, 5) is 35.2. The molecule has 0 N–H and O–H groups in total. The van der Waals surface area contributed by atoms with Crippen molar-refractivity contribution in [3.8, 4) is 11.1 Å². The Labute approximate surface area is 245 Å². The van der Waals surface area contributed by atoms with E-state index >= 15 is 4.39 Å². The highest BCUT2D eigenvalue weighted by atomic mass is 35.5. The second-order valence-electron chi connectivity index (χ2n) is 10.4. The van der Waals surface area contributed by atoms with Crippen LogP contribution in [0, 0.1) is 18.6 Å². The van der Waals surface area contributed by atoms with Gasteiger partial charge in [-0.05, 0) is 44.5 Å². The Morgan fingerprint density at radius 1 is 1.20 bits per heavy atom.